The number of nitrogens with two attached hydrogens (primary N) is 1. The van der Waals surface area contributed by atoms with Gasteiger partial charge in [-0.15, -0.1) is 0 Å². The van der Waals surface area contributed by atoms with Crippen molar-refractivity contribution in [2.75, 3.05) is 6.54 Å². The number of primary amides is 1. The van der Waals surface area contributed by atoms with E-state index in [4.69, 9.17) is 5.73 Å². The number of sulfonamides is 1. The standard InChI is InChI=1S/C13H20N2O3S/c1-3-10(4-2)9-15-19(17,18)12-7-5-11(6-8-12)13(14)16/h5-8,10,15H,3-4,9H2,1-2H3,(H2,14,16). The Morgan fingerprint density at radius 2 is 1.74 bits per heavy atom. The van der Waals surface area contributed by atoms with Gasteiger partial charge in [0.25, 0.3) is 0 Å². The van der Waals surface area contributed by atoms with E-state index in [-0.39, 0.29) is 4.90 Å². The third-order valence-corrected chi connectivity index (χ3v) is 4.61. The van der Waals surface area contributed by atoms with Crippen molar-refractivity contribution in [1.82, 2.24) is 4.72 Å². The third-order valence-electron chi connectivity index (χ3n) is 3.17. The minimum atomic E-state index is -3.52. The second-order valence-corrected chi connectivity index (χ2v) is 6.19. The Morgan fingerprint density at radius 1 is 1.21 bits per heavy atom. The summed E-state index contributed by atoms with van der Waals surface area (Å²) in [5.74, 6) is -0.242. The molecule has 0 aliphatic rings. The van der Waals surface area contributed by atoms with Crippen LogP contribution in [0.3, 0.4) is 0 Å². The zero-order chi connectivity index (χ0) is 14.5. The summed E-state index contributed by atoms with van der Waals surface area (Å²) >= 11 is 0. The van der Waals surface area contributed by atoms with Crippen LogP contribution >= 0.6 is 0 Å². The number of amides is 1. The highest BCUT2D eigenvalue weighted by Gasteiger charge is 2.15. The maximum atomic E-state index is 12.0. The minimum absolute atomic E-state index is 0.142. The molecule has 6 heteroatoms. The molecular weight excluding hydrogens is 264 g/mol. The normalized spacial score (nSPS) is 11.7. The lowest BCUT2D eigenvalue weighted by molar-refractivity contribution is 0.1000. The number of carbonyl (C=O) groups is 1. The first-order chi connectivity index (χ1) is 8.90. The molecule has 5 nitrogen and oxygen atoms in total. The highest BCUT2D eigenvalue weighted by Crippen LogP contribution is 2.12. The summed E-state index contributed by atoms with van der Waals surface area (Å²) in [5, 5.41) is 0. The van der Waals surface area contributed by atoms with Crippen LogP contribution in [-0.2, 0) is 10.0 Å². The summed E-state index contributed by atoms with van der Waals surface area (Å²) in [7, 11) is -3.52. The first-order valence-corrected chi connectivity index (χ1v) is 7.78. The molecule has 1 aromatic rings. The van der Waals surface area contributed by atoms with Crippen LogP contribution < -0.4 is 10.5 Å². The van der Waals surface area contributed by atoms with Crippen LogP contribution in [0.2, 0.25) is 0 Å². The number of carbonyl (C=O) groups excluding carboxylic acids is 1. The Labute approximate surface area is 114 Å². The van der Waals surface area contributed by atoms with Gasteiger partial charge in [0, 0.05) is 12.1 Å². The molecule has 1 aromatic carbocycles. The van der Waals surface area contributed by atoms with E-state index in [9.17, 15) is 13.2 Å². The molecule has 1 rings (SSSR count). The largest absolute Gasteiger partial charge is 0.366 e. The molecule has 19 heavy (non-hydrogen) atoms. The van der Waals surface area contributed by atoms with Gasteiger partial charge in [0.1, 0.15) is 0 Å². The van der Waals surface area contributed by atoms with E-state index in [2.05, 4.69) is 4.72 Å². The lowest BCUT2D eigenvalue weighted by Crippen LogP contribution is -2.29. The number of rotatable bonds is 7. The maximum absolute atomic E-state index is 12.0. The molecule has 0 unspecified atom stereocenters. The predicted molar refractivity (Wildman–Crippen MR) is 74.2 cm³/mol. The molecule has 106 valence electrons. The highest BCUT2D eigenvalue weighted by molar-refractivity contribution is 7.89. The van der Waals surface area contributed by atoms with Crippen LogP contribution in [0.5, 0.6) is 0 Å². The van der Waals surface area contributed by atoms with Crippen LogP contribution in [0.15, 0.2) is 29.2 Å². The molecule has 0 aromatic heterocycles. The molecule has 0 spiro atoms. The second-order valence-electron chi connectivity index (χ2n) is 4.42. The van der Waals surface area contributed by atoms with Crippen molar-refractivity contribution < 1.29 is 13.2 Å². The van der Waals surface area contributed by atoms with Gasteiger partial charge in [-0.1, -0.05) is 26.7 Å². The van der Waals surface area contributed by atoms with E-state index in [1.54, 1.807) is 0 Å². The van der Waals surface area contributed by atoms with Crippen LogP contribution in [0, 0.1) is 5.92 Å². The van der Waals surface area contributed by atoms with Crippen LogP contribution in [0.1, 0.15) is 37.0 Å². The van der Waals surface area contributed by atoms with E-state index in [1.165, 1.54) is 24.3 Å². The minimum Gasteiger partial charge on any atom is -0.366 e. The zero-order valence-corrected chi connectivity index (χ0v) is 12.0. The van der Waals surface area contributed by atoms with E-state index in [0.29, 0.717) is 18.0 Å². The molecule has 0 heterocycles. The molecule has 0 saturated heterocycles. The van der Waals surface area contributed by atoms with E-state index in [1.807, 2.05) is 13.8 Å². The summed E-state index contributed by atoms with van der Waals surface area (Å²) in [6, 6.07) is 5.59. The Morgan fingerprint density at radius 3 is 2.16 bits per heavy atom. The average Bonchev–Trinajstić information content (AvgIpc) is 2.40. The number of nitrogens with one attached hydrogen (secondary N) is 1. The molecule has 0 bridgehead atoms. The Hall–Kier alpha value is -1.40. The van der Waals surface area contributed by atoms with Gasteiger partial charge in [-0.25, -0.2) is 13.1 Å². The Bertz CT molecular complexity index is 519. The quantitative estimate of drug-likeness (QED) is 0.795. The first-order valence-electron chi connectivity index (χ1n) is 6.30. The van der Waals surface area contributed by atoms with Crippen LogP contribution in [0.4, 0.5) is 0 Å². The fourth-order valence-corrected chi connectivity index (χ4v) is 2.80. The van der Waals surface area contributed by atoms with Crippen LogP contribution in [0.25, 0.3) is 0 Å². The predicted octanol–water partition coefficient (Wildman–Crippen LogP) is 1.50. The van der Waals surface area contributed by atoms with Gasteiger partial charge in [-0.2, -0.15) is 0 Å². The lowest BCUT2D eigenvalue weighted by atomic mass is 10.0. The second kappa shape index (κ2) is 6.68. The molecule has 0 saturated carbocycles. The number of hydrogen-bond acceptors (Lipinski definition) is 3. The third kappa shape index (κ3) is 4.33. The van der Waals surface area contributed by atoms with Gasteiger partial charge < -0.3 is 5.73 Å². The molecule has 0 radical (unpaired) electrons. The average molecular weight is 284 g/mol. The molecule has 0 fully saturated rings. The van der Waals surface area contributed by atoms with Gasteiger partial charge in [0.05, 0.1) is 4.90 Å². The first kappa shape index (κ1) is 15.7. The molecule has 3 N–H and O–H groups in total. The fourth-order valence-electron chi connectivity index (χ4n) is 1.69. The smallest absolute Gasteiger partial charge is 0.248 e. The number of benzene rings is 1. The monoisotopic (exact) mass is 284 g/mol. The summed E-state index contributed by atoms with van der Waals surface area (Å²) in [4.78, 5) is 11.1. The van der Waals surface area contributed by atoms with Gasteiger partial charge >= 0.3 is 0 Å². The molecular formula is C13H20N2O3S. The van der Waals surface area contributed by atoms with Crippen molar-refractivity contribution >= 4 is 15.9 Å². The Kier molecular flexibility index (Phi) is 5.50. The van der Waals surface area contributed by atoms with Gasteiger partial charge in [-0.3, -0.25) is 4.79 Å². The molecule has 0 aliphatic carbocycles. The van der Waals surface area contributed by atoms with Crippen molar-refractivity contribution in [2.24, 2.45) is 11.7 Å². The van der Waals surface area contributed by atoms with E-state index < -0.39 is 15.9 Å². The SMILES string of the molecule is CCC(CC)CNS(=O)(=O)c1ccc(C(N)=O)cc1. The summed E-state index contributed by atoms with van der Waals surface area (Å²) < 4.78 is 26.6. The van der Waals surface area contributed by atoms with Crippen molar-refractivity contribution in [3.63, 3.8) is 0 Å². The van der Waals surface area contributed by atoms with Gasteiger partial charge in [0.15, 0.2) is 0 Å². The van der Waals surface area contributed by atoms with E-state index >= 15 is 0 Å². The summed E-state index contributed by atoms with van der Waals surface area (Å²) in [6.45, 7) is 4.49. The van der Waals surface area contributed by atoms with Crippen LogP contribution in [-0.4, -0.2) is 20.9 Å². The van der Waals surface area contributed by atoms with Crippen molar-refractivity contribution in [1.29, 1.82) is 0 Å². The van der Waals surface area contributed by atoms with Gasteiger partial charge in [-0.05, 0) is 30.2 Å². The molecule has 0 atom stereocenters. The highest BCUT2D eigenvalue weighted by atomic mass is 32.2. The van der Waals surface area contributed by atoms with Crippen molar-refractivity contribution in [3.05, 3.63) is 29.8 Å². The summed E-state index contributed by atoms with van der Waals surface area (Å²) in [5.41, 5.74) is 5.39. The Balaban J connectivity index is 2.80. The number of hydrogen-bond donors (Lipinski definition) is 2. The van der Waals surface area contributed by atoms with Crippen molar-refractivity contribution in [3.8, 4) is 0 Å². The van der Waals surface area contributed by atoms with Crippen molar-refractivity contribution in [2.45, 2.75) is 31.6 Å². The lowest BCUT2D eigenvalue weighted by Gasteiger charge is -2.13. The summed E-state index contributed by atoms with van der Waals surface area (Å²) in [6.07, 6.45) is 1.86. The zero-order valence-electron chi connectivity index (χ0n) is 11.2. The molecule has 1 amide bonds. The van der Waals surface area contributed by atoms with E-state index in [0.717, 1.165) is 12.8 Å². The molecule has 0 aliphatic heterocycles. The topological polar surface area (TPSA) is 89.3 Å². The fraction of sp³-hybridized carbons (Fsp3) is 0.462. The van der Waals surface area contributed by atoms with Gasteiger partial charge in [0.2, 0.25) is 15.9 Å². The maximum Gasteiger partial charge on any atom is 0.248 e.